The average molecular weight is 318 g/mol. The number of methoxy groups -OCH3 is 1. The zero-order chi connectivity index (χ0) is 16.8. The number of carbonyl (C=O) groups excluding carboxylic acids is 1. The van der Waals surface area contributed by atoms with Crippen LogP contribution in [0.5, 0.6) is 0 Å². The molecule has 1 amide bonds. The lowest BCUT2D eigenvalue weighted by Gasteiger charge is -2.07. The van der Waals surface area contributed by atoms with Crippen molar-refractivity contribution >= 4 is 11.6 Å². The number of amides is 1. The summed E-state index contributed by atoms with van der Waals surface area (Å²) in [5.74, 6) is -0.257. The van der Waals surface area contributed by atoms with Gasteiger partial charge >= 0.3 is 0 Å². The molecular formula is C16H22N4O3. The van der Waals surface area contributed by atoms with Gasteiger partial charge in [-0.3, -0.25) is 14.3 Å². The quantitative estimate of drug-likeness (QED) is 0.735. The number of hydrogen-bond donors (Lipinski definition) is 2. The van der Waals surface area contributed by atoms with Gasteiger partial charge in [-0.05, 0) is 19.1 Å². The number of benzene rings is 1. The fourth-order valence-electron chi connectivity index (χ4n) is 2.27. The second kappa shape index (κ2) is 7.75. The van der Waals surface area contributed by atoms with E-state index in [9.17, 15) is 9.59 Å². The molecule has 124 valence electrons. The van der Waals surface area contributed by atoms with Crippen LogP contribution in [0.25, 0.3) is 5.69 Å². The number of rotatable bonds is 7. The average Bonchev–Trinajstić information content (AvgIpc) is 2.76. The molecule has 0 unspecified atom stereocenters. The highest BCUT2D eigenvalue weighted by Crippen LogP contribution is 2.13. The van der Waals surface area contributed by atoms with E-state index in [4.69, 9.17) is 4.74 Å². The van der Waals surface area contributed by atoms with Gasteiger partial charge in [-0.25, -0.2) is 4.68 Å². The second-order valence-electron chi connectivity index (χ2n) is 5.15. The Morgan fingerprint density at radius 3 is 2.61 bits per heavy atom. The van der Waals surface area contributed by atoms with Crippen LogP contribution < -0.4 is 16.2 Å². The highest BCUT2D eigenvalue weighted by atomic mass is 16.5. The zero-order valence-corrected chi connectivity index (χ0v) is 13.6. The minimum Gasteiger partial charge on any atom is -0.383 e. The third-order valence-electron chi connectivity index (χ3n) is 3.59. The maximum Gasteiger partial charge on any atom is 0.295 e. The summed E-state index contributed by atoms with van der Waals surface area (Å²) in [6, 6.07) is 9.31. The Hall–Kier alpha value is -2.38. The Morgan fingerprint density at radius 2 is 1.96 bits per heavy atom. The zero-order valence-electron chi connectivity index (χ0n) is 13.6. The first-order valence-corrected chi connectivity index (χ1v) is 7.39. The van der Waals surface area contributed by atoms with Gasteiger partial charge in [0.25, 0.3) is 5.56 Å². The van der Waals surface area contributed by atoms with Crippen molar-refractivity contribution in [3.63, 3.8) is 0 Å². The van der Waals surface area contributed by atoms with Gasteiger partial charge in [-0.1, -0.05) is 18.2 Å². The van der Waals surface area contributed by atoms with Gasteiger partial charge in [0.15, 0.2) is 0 Å². The van der Waals surface area contributed by atoms with Crippen LogP contribution in [0.4, 0.5) is 5.69 Å². The maximum absolute atomic E-state index is 12.6. The Labute approximate surface area is 134 Å². The summed E-state index contributed by atoms with van der Waals surface area (Å²) >= 11 is 0. The van der Waals surface area contributed by atoms with Gasteiger partial charge < -0.3 is 15.4 Å². The summed E-state index contributed by atoms with van der Waals surface area (Å²) < 4.78 is 8.16. The Bertz CT molecular complexity index is 719. The van der Waals surface area contributed by atoms with E-state index in [-0.39, 0.29) is 18.0 Å². The Kier molecular flexibility index (Phi) is 5.72. The van der Waals surface area contributed by atoms with Crippen molar-refractivity contribution in [3.05, 3.63) is 46.4 Å². The van der Waals surface area contributed by atoms with Crippen molar-refractivity contribution in [2.24, 2.45) is 7.05 Å². The molecule has 0 radical (unpaired) electrons. The van der Waals surface area contributed by atoms with Crippen molar-refractivity contribution in [2.45, 2.75) is 6.92 Å². The van der Waals surface area contributed by atoms with Gasteiger partial charge in [0.05, 0.1) is 24.5 Å². The predicted molar refractivity (Wildman–Crippen MR) is 89.1 cm³/mol. The molecule has 0 atom stereocenters. The predicted octanol–water partition coefficient (Wildman–Crippen LogP) is 0.659. The van der Waals surface area contributed by atoms with Crippen LogP contribution >= 0.6 is 0 Å². The van der Waals surface area contributed by atoms with Crippen molar-refractivity contribution < 1.29 is 9.53 Å². The SMILES string of the molecule is COCCNCC(=O)Nc1c(C)n(C)n(-c2ccccc2)c1=O. The molecule has 2 aromatic rings. The molecule has 23 heavy (non-hydrogen) atoms. The molecule has 0 aliphatic carbocycles. The summed E-state index contributed by atoms with van der Waals surface area (Å²) in [5, 5.41) is 5.64. The summed E-state index contributed by atoms with van der Waals surface area (Å²) in [6.45, 7) is 3.03. The molecule has 7 heteroatoms. The highest BCUT2D eigenvalue weighted by molar-refractivity contribution is 5.92. The lowest BCUT2D eigenvalue weighted by atomic mass is 10.3. The lowest BCUT2D eigenvalue weighted by molar-refractivity contribution is -0.115. The number of nitrogens with one attached hydrogen (secondary N) is 2. The maximum atomic E-state index is 12.6. The molecular weight excluding hydrogens is 296 g/mol. The molecule has 0 spiro atoms. The number of hydrogen-bond acceptors (Lipinski definition) is 4. The monoisotopic (exact) mass is 318 g/mol. The van der Waals surface area contributed by atoms with Gasteiger partial charge in [-0.2, -0.15) is 0 Å². The minimum absolute atomic E-state index is 0.127. The first-order chi connectivity index (χ1) is 11.1. The molecule has 0 fully saturated rings. The summed E-state index contributed by atoms with van der Waals surface area (Å²) in [7, 11) is 3.39. The first kappa shape index (κ1) is 17.0. The molecule has 2 N–H and O–H groups in total. The van der Waals surface area contributed by atoms with Gasteiger partial charge in [0.2, 0.25) is 5.91 Å². The van der Waals surface area contributed by atoms with Gasteiger partial charge in [-0.15, -0.1) is 0 Å². The number of nitrogens with zero attached hydrogens (tertiary/aromatic N) is 2. The van der Waals surface area contributed by atoms with E-state index in [1.807, 2.05) is 30.3 Å². The number of aromatic nitrogens is 2. The molecule has 1 aromatic carbocycles. The Morgan fingerprint density at radius 1 is 1.26 bits per heavy atom. The third kappa shape index (κ3) is 3.88. The van der Waals surface area contributed by atoms with Crippen molar-refractivity contribution in [2.75, 3.05) is 32.1 Å². The lowest BCUT2D eigenvalue weighted by Crippen LogP contribution is -2.32. The van der Waals surface area contributed by atoms with Gasteiger partial charge in [0.1, 0.15) is 5.69 Å². The standard InChI is InChI=1S/C16H22N4O3/c1-12-15(18-14(21)11-17-9-10-23-3)16(22)20(19(12)2)13-7-5-4-6-8-13/h4-8,17H,9-11H2,1-3H3,(H,18,21). The van der Waals surface area contributed by atoms with Crippen molar-refractivity contribution in [3.8, 4) is 5.69 Å². The van der Waals surface area contributed by atoms with Crippen LogP contribution in [-0.2, 0) is 16.6 Å². The topological polar surface area (TPSA) is 77.3 Å². The largest absolute Gasteiger partial charge is 0.383 e. The van der Waals surface area contributed by atoms with E-state index in [0.717, 1.165) is 5.69 Å². The van der Waals surface area contributed by atoms with Crippen LogP contribution in [0.1, 0.15) is 5.69 Å². The van der Waals surface area contributed by atoms with Crippen LogP contribution in [0, 0.1) is 6.92 Å². The van der Waals surface area contributed by atoms with Crippen LogP contribution in [-0.4, -0.2) is 42.1 Å². The summed E-state index contributed by atoms with van der Waals surface area (Å²) in [5.41, 5.74) is 1.50. The summed E-state index contributed by atoms with van der Waals surface area (Å²) in [4.78, 5) is 24.6. The van der Waals surface area contributed by atoms with E-state index < -0.39 is 0 Å². The highest BCUT2D eigenvalue weighted by Gasteiger charge is 2.17. The van der Waals surface area contributed by atoms with Gasteiger partial charge in [0, 0.05) is 20.7 Å². The molecule has 0 saturated carbocycles. The van der Waals surface area contributed by atoms with Crippen molar-refractivity contribution in [1.29, 1.82) is 0 Å². The van der Waals surface area contributed by atoms with Crippen molar-refractivity contribution in [1.82, 2.24) is 14.7 Å². The molecule has 1 heterocycles. The van der Waals surface area contributed by atoms with E-state index in [1.165, 1.54) is 4.68 Å². The molecule has 0 aliphatic rings. The van der Waals surface area contributed by atoms with E-state index >= 15 is 0 Å². The fraction of sp³-hybridized carbons (Fsp3) is 0.375. The fourth-order valence-corrected chi connectivity index (χ4v) is 2.27. The molecule has 0 bridgehead atoms. The van der Waals surface area contributed by atoms with Crippen LogP contribution in [0.2, 0.25) is 0 Å². The molecule has 1 aromatic heterocycles. The molecule has 0 aliphatic heterocycles. The first-order valence-electron chi connectivity index (χ1n) is 7.39. The smallest absolute Gasteiger partial charge is 0.295 e. The number of para-hydroxylation sites is 1. The molecule has 0 saturated heterocycles. The van der Waals surface area contributed by atoms with E-state index in [2.05, 4.69) is 10.6 Å². The van der Waals surface area contributed by atoms with E-state index in [0.29, 0.717) is 24.5 Å². The number of ether oxygens (including phenoxy) is 1. The van der Waals surface area contributed by atoms with E-state index in [1.54, 1.807) is 25.8 Å². The molecule has 7 nitrogen and oxygen atoms in total. The minimum atomic E-state index is -0.257. The summed E-state index contributed by atoms with van der Waals surface area (Å²) in [6.07, 6.45) is 0. The normalized spacial score (nSPS) is 10.7. The number of anilines is 1. The number of carbonyl (C=O) groups is 1. The molecule has 2 rings (SSSR count). The Balaban J connectivity index is 2.18. The van der Waals surface area contributed by atoms with Crippen LogP contribution in [0.3, 0.4) is 0 Å². The van der Waals surface area contributed by atoms with Crippen LogP contribution in [0.15, 0.2) is 35.1 Å². The second-order valence-corrected chi connectivity index (χ2v) is 5.15. The third-order valence-corrected chi connectivity index (χ3v) is 3.59.